The van der Waals surface area contributed by atoms with Crippen molar-refractivity contribution in [2.24, 2.45) is 11.8 Å². The molecule has 2 atom stereocenters. The molecular formula is C30H35F2N7. The first kappa shape index (κ1) is 25.8. The quantitative estimate of drug-likeness (QED) is 0.326. The molecule has 0 amide bonds. The predicted octanol–water partition coefficient (Wildman–Crippen LogP) is 5.79. The van der Waals surface area contributed by atoms with E-state index in [9.17, 15) is 4.39 Å². The molecule has 2 fully saturated rings. The summed E-state index contributed by atoms with van der Waals surface area (Å²) in [5, 5.41) is 3.17. The maximum absolute atomic E-state index is 15.0. The molecule has 3 aromatic heterocycles. The summed E-state index contributed by atoms with van der Waals surface area (Å²) >= 11 is 0. The van der Waals surface area contributed by atoms with E-state index in [1.54, 1.807) is 12.1 Å². The fourth-order valence-corrected chi connectivity index (χ4v) is 6.36. The third kappa shape index (κ3) is 5.01. The lowest BCUT2D eigenvalue weighted by atomic mass is 10.0. The van der Waals surface area contributed by atoms with E-state index >= 15 is 4.39 Å². The van der Waals surface area contributed by atoms with Gasteiger partial charge in [-0.25, -0.2) is 23.7 Å². The van der Waals surface area contributed by atoms with E-state index in [-0.39, 0.29) is 11.6 Å². The zero-order chi connectivity index (χ0) is 27.3. The van der Waals surface area contributed by atoms with Gasteiger partial charge in [0.25, 0.3) is 0 Å². The van der Waals surface area contributed by atoms with Gasteiger partial charge in [0, 0.05) is 50.5 Å². The number of rotatable bonds is 7. The van der Waals surface area contributed by atoms with Gasteiger partial charge in [0.1, 0.15) is 28.8 Å². The van der Waals surface area contributed by atoms with Crippen LogP contribution < -0.4 is 5.32 Å². The number of nitrogens with zero attached hydrogens (tertiary/aromatic N) is 6. The van der Waals surface area contributed by atoms with Crippen molar-refractivity contribution in [3.63, 3.8) is 0 Å². The molecule has 7 nitrogen and oxygen atoms in total. The Morgan fingerprint density at radius 1 is 0.923 bits per heavy atom. The number of imidazole rings is 1. The molecule has 204 valence electrons. The first-order valence-electron chi connectivity index (χ1n) is 13.8. The Balaban J connectivity index is 1.18. The maximum atomic E-state index is 15.0. The number of hydrogen-bond donors (Lipinski definition) is 1. The van der Waals surface area contributed by atoms with Gasteiger partial charge in [-0.05, 0) is 74.5 Å². The van der Waals surface area contributed by atoms with Crippen LogP contribution in [0.15, 0.2) is 42.7 Å². The fraction of sp³-hybridized carbons (Fsp3) is 0.433. The molecule has 0 bridgehead atoms. The Hall–Kier alpha value is -3.43. The van der Waals surface area contributed by atoms with Crippen molar-refractivity contribution in [3.05, 3.63) is 65.7 Å². The van der Waals surface area contributed by atoms with Gasteiger partial charge >= 0.3 is 0 Å². The van der Waals surface area contributed by atoms with Crippen molar-refractivity contribution in [1.82, 2.24) is 29.3 Å². The van der Waals surface area contributed by atoms with Crippen molar-refractivity contribution in [3.8, 4) is 11.1 Å². The minimum absolute atomic E-state index is 0.0923. The van der Waals surface area contributed by atoms with Gasteiger partial charge in [0.2, 0.25) is 0 Å². The number of benzene rings is 1. The molecule has 2 aliphatic heterocycles. The monoisotopic (exact) mass is 531 g/mol. The highest BCUT2D eigenvalue weighted by atomic mass is 19.1. The Morgan fingerprint density at radius 3 is 2.31 bits per heavy atom. The number of nitrogens with one attached hydrogen (secondary N) is 1. The highest BCUT2D eigenvalue weighted by Crippen LogP contribution is 2.33. The lowest BCUT2D eigenvalue weighted by Crippen LogP contribution is -2.28. The average Bonchev–Trinajstić information content (AvgIpc) is 3.57. The molecule has 6 rings (SSSR count). The molecular weight excluding hydrogens is 496 g/mol. The summed E-state index contributed by atoms with van der Waals surface area (Å²) < 4.78 is 31.9. The number of likely N-dealkylation sites (tertiary alicyclic amines) is 2. The standard InChI is InChI=1S/C30H35F2N7/c1-5-37-14-22-16-38(17-23(22)15-37)13-20-6-7-28(33-11-20)36-29-10-24(26(32)12-34-29)21-8-25(31)30-27(9-21)39(18(2)3)19(4)35-30/h6-12,18,22-23H,5,13-17H2,1-4H3,(H,33,34,36)/t22-,23+. The zero-order valence-electron chi connectivity index (χ0n) is 23.0. The van der Waals surface area contributed by atoms with E-state index < -0.39 is 11.6 Å². The van der Waals surface area contributed by atoms with Crippen LogP contribution in [0.25, 0.3) is 22.2 Å². The average molecular weight is 532 g/mol. The smallest absolute Gasteiger partial charge is 0.151 e. The second-order valence-electron chi connectivity index (χ2n) is 11.2. The molecule has 0 aliphatic carbocycles. The summed E-state index contributed by atoms with van der Waals surface area (Å²) in [7, 11) is 0. The Bertz CT molecular complexity index is 1480. The van der Waals surface area contributed by atoms with Crippen LogP contribution >= 0.6 is 0 Å². The lowest BCUT2D eigenvalue weighted by molar-refractivity contribution is 0.257. The van der Waals surface area contributed by atoms with E-state index in [2.05, 4.69) is 43.1 Å². The lowest BCUT2D eigenvalue weighted by Gasteiger charge is -2.20. The fourth-order valence-electron chi connectivity index (χ4n) is 6.36. The SMILES string of the molecule is CCN1C[C@@H]2CN(Cc3ccc(Nc4cc(-c5cc(F)c6nc(C)n(C(C)C)c6c5)c(F)cn4)nc3)C[C@@H]2C1. The van der Waals surface area contributed by atoms with Crippen molar-refractivity contribution >= 4 is 22.7 Å². The molecule has 5 heterocycles. The number of fused-ring (bicyclic) bond motifs is 2. The van der Waals surface area contributed by atoms with Crippen molar-refractivity contribution in [2.45, 2.75) is 40.3 Å². The van der Waals surface area contributed by atoms with Gasteiger partial charge in [0.05, 0.1) is 11.7 Å². The molecule has 2 aliphatic rings. The zero-order valence-corrected chi connectivity index (χ0v) is 23.0. The van der Waals surface area contributed by atoms with E-state index in [0.717, 1.165) is 50.0 Å². The van der Waals surface area contributed by atoms with Crippen LogP contribution in [0.2, 0.25) is 0 Å². The Labute approximate surface area is 227 Å². The molecule has 2 saturated heterocycles. The first-order valence-corrected chi connectivity index (χ1v) is 13.8. The van der Waals surface area contributed by atoms with E-state index in [1.807, 2.05) is 37.6 Å². The summed E-state index contributed by atoms with van der Waals surface area (Å²) in [6.45, 7) is 14.9. The van der Waals surface area contributed by atoms with Crippen LogP contribution in [-0.2, 0) is 6.54 Å². The first-order chi connectivity index (χ1) is 18.8. The summed E-state index contributed by atoms with van der Waals surface area (Å²) in [4.78, 5) is 18.2. The number of anilines is 2. The van der Waals surface area contributed by atoms with Crippen molar-refractivity contribution in [1.29, 1.82) is 0 Å². The van der Waals surface area contributed by atoms with Crippen LogP contribution in [0.4, 0.5) is 20.4 Å². The molecule has 0 saturated carbocycles. The maximum Gasteiger partial charge on any atom is 0.151 e. The number of hydrogen-bond acceptors (Lipinski definition) is 6. The summed E-state index contributed by atoms with van der Waals surface area (Å²) in [5.74, 6) is 2.34. The highest BCUT2D eigenvalue weighted by Gasteiger charge is 2.39. The third-order valence-corrected chi connectivity index (χ3v) is 8.18. The van der Waals surface area contributed by atoms with Crippen LogP contribution in [-0.4, -0.2) is 62.0 Å². The Kier molecular flexibility index (Phi) is 6.81. The third-order valence-electron chi connectivity index (χ3n) is 8.18. The number of aromatic nitrogens is 4. The molecule has 0 spiro atoms. The minimum Gasteiger partial charge on any atom is -0.326 e. The van der Waals surface area contributed by atoms with Gasteiger partial charge in [-0.15, -0.1) is 0 Å². The second kappa shape index (κ2) is 10.3. The molecule has 4 aromatic rings. The van der Waals surface area contributed by atoms with Gasteiger partial charge < -0.3 is 14.8 Å². The number of halogens is 2. The van der Waals surface area contributed by atoms with Crippen LogP contribution in [0.1, 0.15) is 38.2 Å². The van der Waals surface area contributed by atoms with Gasteiger partial charge in [-0.3, -0.25) is 4.90 Å². The summed E-state index contributed by atoms with van der Waals surface area (Å²) in [6.07, 6.45) is 3.04. The van der Waals surface area contributed by atoms with Crippen LogP contribution in [0.5, 0.6) is 0 Å². The van der Waals surface area contributed by atoms with Gasteiger partial charge in [-0.2, -0.15) is 0 Å². The summed E-state index contributed by atoms with van der Waals surface area (Å²) in [5.41, 5.74) is 2.80. The van der Waals surface area contributed by atoms with Gasteiger partial charge in [0.15, 0.2) is 5.82 Å². The van der Waals surface area contributed by atoms with E-state index in [0.29, 0.717) is 28.2 Å². The Morgan fingerprint density at radius 2 is 1.64 bits per heavy atom. The number of aryl methyl sites for hydroxylation is 1. The highest BCUT2D eigenvalue weighted by molar-refractivity contribution is 5.84. The van der Waals surface area contributed by atoms with E-state index in [1.165, 1.54) is 24.7 Å². The van der Waals surface area contributed by atoms with Crippen molar-refractivity contribution < 1.29 is 8.78 Å². The minimum atomic E-state index is -0.521. The predicted molar refractivity (Wildman–Crippen MR) is 150 cm³/mol. The largest absolute Gasteiger partial charge is 0.326 e. The van der Waals surface area contributed by atoms with Crippen molar-refractivity contribution in [2.75, 3.05) is 38.0 Å². The molecule has 39 heavy (non-hydrogen) atoms. The van der Waals surface area contributed by atoms with E-state index in [4.69, 9.17) is 0 Å². The molecule has 0 radical (unpaired) electrons. The number of pyridine rings is 2. The topological polar surface area (TPSA) is 62.1 Å². The normalized spacial score (nSPS) is 19.9. The molecule has 9 heteroatoms. The molecule has 1 aromatic carbocycles. The second-order valence-corrected chi connectivity index (χ2v) is 11.2. The summed E-state index contributed by atoms with van der Waals surface area (Å²) in [6, 6.07) is 8.81. The molecule has 1 N–H and O–H groups in total. The molecule has 0 unspecified atom stereocenters. The van der Waals surface area contributed by atoms with Crippen LogP contribution in [0.3, 0.4) is 0 Å². The van der Waals surface area contributed by atoms with Crippen LogP contribution in [0, 0.1) is 30.4 Å². The van der Waals surface area contributed by atoms with Gasteiger partial charge in [-0.1, -0.05) is 13.0 Å².